The fourth-order valence-electron chi connectivity index (χ4n) is 5.23. The molecular weight excluding hydrogens is 448 g/mol. The van der Waals surface area contributed by atoms with Crippen LogP contribution in [0.4, 0.5) is 4.79 Å². The zero-order valence-electron chi connectivity index (χ0n) is 19.7. The van der Waals surface area contributed by atoms with E-state index in [1.54, 1.807) is 6.20 Å². The van der Waals surface area contributed by atoms with Crippen LogP contribution in [0.3, 0.4) is 0 Å². The van der Waals surface area contributed by atoms with Crippen LogP contribution in [-0.2, 0) is 19.5 Å². The molecule has 1 aromatic carbocycles. The van der Waals surface area contributed by atoms with Crippen molar-refractivity contribution >= 4 is 17.6 Å². The number of nitrogens with one attached hydrogen (secondary N) is 2. The van der Waals surface area contributed by atoms with Crippen molar-refractivity contribution in [1.82, 2.24) is 30.3 Å². The highest BCUT2D eigenvalue weighted by Gasteiger charge is 2.30. The first-order chi connectivity index (χ1) is 16.5. The van der Waals surface area contributed by atoms with E-state index in [4.69, 9.17) is 11.6 Å². The number of aromatic nitrogens is 3. The molecule has 2 N–H and O–H groups in total. The largest absolute Gasteiger partial charge is 0.334 e. The van der Waals surface area contributed by atoms with Crippen LogP contribution in [0.15, 0.2) is 42.6 Å². The molecule has 1 saturated heterocycles. The molecule has 0 bridgehead atoms. The molecule has 178 valence electrons. The predicted octanol–water partition coefficient (Wildman–Crippen LogP) is 4.41. The Morgan fingerprint density at radius 1 is 1.26 bits per heavy atom. The second-order valence-electron chi connectivity index (χ2n) is 9.66. The number of fused-ring (bicyclic) bond motifs is 1. The van der Waals surface area contributed by atoms with E-state index >= 15 is 0 Å². The van der Waals surface area contributed by atoms with Gasteiger partial charge in [-0.1, -0.05) is 36.7 Å². The summed E-state index contributed by atoms with van der Waals surface area (Å²) in [5, 5.41) is 11.8. The van der Waals surface area contributed by atoms with Crippen LogP contribution in [0.1, 0.15) is 35.9 Å². The molecule has 2 aliphatic rings. The van der Waals surface area contributed by atoms with Gasteiger partial charge >= 0.3 is 6.03 Å². The van der Waals surface area contributed by atoms with Crippen molar-refractivity contribution in [2.75, 3.05) is 19.6 Å². The molecule has 34 heavy (non-hydrogen) atoms. The molecule has 2 amide bonds. The minimum absolute atomic E-state index is 0.000465. The highest BCUT2D eigenvalue weighted by molar-refractivity contribution is 6.31. The third kappa shape index (κ3) is 4.95. The Balaban J connectivity index is 1.24. The van der Waals surface area contributed by atoms with Crippen molar-refractivity contribution in [3.63, 3.8) is 0 Å². The van der Waals surface area contributed by atoms with Crippen molar-refractivity contribution in [2.45, 2.75) is 45.8 Å². The predicted molar refractivity (Wildman–Crippen MR) is 133 cm³/mol. The number of nitrogens with zero attached hydrogens (tertiary/aromatic N) is 4. The fourth-order valence-corrected chi connectivity index (χ4v) is 5.42. The molecule has 2 aromatic heterocycles. The average Bonchev–Trinajstić information content (AvgIpc) is 3.23. The lowest BCUT2D eigenvalue weighted by atomic mass is 9.95. The maximum atomic E-state index is 13.3. The molecule has 4 heterocycles. The molecule has 2 atom stereocenters. The first kappa shape index (κ1) is 22.9. The van der Waals surface area contributed by atoms with Crippen molar-refractivity contribution in [3.8, 4) is 11.3 Å². The van der Waals surface area contributed by atoms with Crippen molar-refractivity contribution in [2.24, 2.45) is 5.92 Å². The number of benzene rings is 1. The number of hydrogen-bond acceptors (Lipinski definition) is 4. The van der Waals surface area contributed by atoms with Gasteiger partial charge in [0, 0.05) is 72.4 Å². The van der Waals surface area contributed by atoms with Gasteiger partial charge in [-0.25, -0.2) is 4.79 Å². The van der Waals surface area contributed by atoms with Crippen molar-refractivity contribution in [1.29, 1.82) is 0 Å². The quantitative estimate of drug-likeness (QED) is 0.582. The van der Waals surface area contributed by atoms with Gasteiger partial charge in [-0.2, -0.15) is 5.10 Å². The normalized spacial score (nSPS) is 20.7. The Morgan fingerprint density at radius 2 is 2.12 bits per heavy atom. The second-order valence-corrected chi connectivity index (χ2v) is 10.1. The van der Waals surface area contributed by atoms with E-state index in [2.05, 4.69) is 38.4 Å². The van der Waals surface area contributed by atoms with Gasteiger partial charge in [0.25, 0.3) is 0 Å². The van der Waals surface area contributed by atoms with Gasteiger partial charge in [-0.15, -0.1) is 0 Å². The SMILES string of the molecule is Cc1cc(-c2n[nH]c3c2CN(C(=O)NC2CC(C)CN(Cc4ccccc4Cl)C2)CC3)ccn1. The van der Waals surface area contributed by atoms with Crippen LogP contribution in [-0.4, -0.2) is 56.7 Å². The van der Waals surface area contributed by atoms with Gasteiger partial charge in [0.15, 0.2) is 0 Å². The lowest BCUT2D eigenvalue weighted by Crippen LogP contribution is -2.53. The Hall–Kier alpha value is -2.90. The van der Waals surface area contributed by atoms with Crippen molar-refractivity contribution in [3.05, 3.63) is 70.1 Å². The zero-order chi connectivity index (χ0) is 23.7. The summed E-state index contributed by atoms with van der Waals surface area (Å²) < 4.78 is 0. The van der Waals surface area contributed by atoms with Gasteiger partial charge in [-0.05, 0) is 43.0 Å². The molecular formula is C26H31ClN6O. The van der Waals surface area contributed by atoms with Gasteiger partial charge in [0.05, 0.1) is 12.2 Å². The molecule has 5 rings (SSSR count). The van der Waals surface area contributed by atoms with E-state index < -0.39 is 0 Å². The summed E-state index contributed by atoms with van der Waals surface area (Å²) in [4.78, 5) is 21.9. The Morgan fingerprint density at radius 3 is 2.94 bits per heavy atom. The Kier molecular flexibility index (Phi) is 6.57. The number of piperidine rings is 1. The minimum Gasteiger partial charge on any atom is -0.334 e. The summed E-state index contributed by atoms with van der Waals surface area (Å²) in [5.41, 5.74) is 6.24. The Labute approximate surface area is 205 Å². The lowest BCUT2D eigenvalue weighted by molar-refractivity contribution is 0.134. The summed E-state index contributed by atoms with van der Waals surface area (Å²) in [6.45, 7) is 8.10. The number of halogens is 1. The number of hydrogen-bond donors (Lipinski definition) is 2. The number of aryl methyl sites for hydroxylation is 1. The van der Waals surface area contributed by atoms with Crippen LogP contribution in [0.2, 0.25) is 5.02 Å². The number of pyridine rings is 1. The van der Waals surface area contributed by atoms with Crippen LogP contribution in [0.25, 0.3) is 11.3 Å². The summed E-state index contributed by atoms with van der Waals surface area (Å²) in [7, 11) is 0. The van der Waals surface area contributed by atoms with Crippen LogP contribution >= 0.6 is 11.6 Å². The molecule has 0 saturated carbocycles. The van der Waals surface area contributed by atoms with E-state index in [1.807, 2.05) is 42.2 Å². The highest BCUT2D eigenvalue weighted by atomic mass is 35.5. The second kappa shape index (κ2) is 9.76. The molecule has 0 spiro atoms. The minimum atomic E-state index is 0.000465. The number of likely N-dealkylation sites (tertiary alicyclic amines) is 1. The number of rotatable bonds is 4. The third-order valence-electron chi connectivity index (χ3n) is 6.81. The monoisotopic (exact) mass is 478 g/mol. The number of carbonyl (C=O) groups is 1. The Bertz CT molecular complexity index is 1180. The summed E-state index contributed by atoms with van der Waals surface area (Å²) in [6.07, 6.45) is 3.56. The van der Waals surface area contributed by atoms with E-state index in [-0.39, 0.29) is 12.1 Å². The molecule has 8 heteroatoms. The first-order valence-electron chi connectivity index (χ1n) is 12.0. The molecule has 3 aromatic rings. The van der Waals surface area contributed by atoms with Crippen LogP contribution < -0.4 is 5.32 Å². The maximum absolute atomic E-state index is 13.3. The number of amides is 2. The number of aromatic amines is 1. The molecule has 1 fully saturated rings. The number of H-pyrrole nitrogens is 1. The first-order valence-corrected chi connectivity index (χ1v) is 12.3. The molecule has 2 unspecified atom stereocenters. The van der Waals surface area contributed by atoms with Gasteiger partial charge in [-0.3, -0.25) is 15.0 Å². The van der Waals surface area contributed by atoms with Crippen molar-refractivity contribution < 1.29 is 4.79 Å². The summed E-state index contributed by atoms with van der Waals surface area (Å²) in [5.74, 6) is 0.505. The van der Waals surface area contributed by atoms with Gasteiger partial charge < -0.3 is 10.2 Å². The summed E-state index contributed by atoms with van der Waals surface area (Å²) in [6, 6.07) is 12.1. The van der Waals surface area contributed by atoms with Crippen LogP contribution in [0.5, 0.6) is 0 Å². The van der Waals surface area contributed by atoms with E-state index in [0.717, 1.165) is 71.3 Å². The van der Waals surface area contributed by atoms with Gasteiger partial charge in [0.1, 0.15) is 0 Å². The molecule has 0 aliphatic carbocycles. The smallest absolute Gasteiger partial charge is 0.317 e. The maximum Gasteiger partial charge on any atom is 0.317 e. The molecule has 0 radical (unpaired) electrons. The fraction of sp³-hybridized carbons (Fsp3) is 0.423. The van der Waals surface area contributed by atoms with E-state index in [1.165, 1.54) is 0 Å². The van der Waals surface area contributed by atoms with E-state index in [9.17, 15) is 4.79 Å². The van der Waals surface area contributed by atoms with Gasteiger partial charge in [0.2, 0.25) is 0 Å². The summed E-state index contributed by atoms with van der Waals surface area (Å²) >= 11 is 6.39. The molecule has 2 aliphatic heterocycles. The van der Waals surface area contributed by atoms with E-state index in [0.29, 0.717) is 19.0 Å². The topological polar surface area (TPSA) is 77.2 Å². The highest BCUT2D eigenvalue weighted by Crippen LogP contribution is 2.29. The molecule has 7 nitrogen and oxygen atoms in total. The standard InChI is InChI=1S/C26H31ClN6O/c1-17-11-21(15-32(13-17)14-20-5-3-4-6-23(20)27)29-26(34)33-10-8-24-22(16-33)25(31-30-24)19-7-9-28-18(2)12-19/h3-7,9,12,17,21H,8,10-11,13-16H2,1-2H3,(H,29,34)(H,30,31). The number of carbonyl (C=O) groups excluding carboxylic acids is 1. The number of urea groups is 1. The van der Waals surface area contributed by atoms with Crippen LogP contribution in [0, 0.1) is 12.8 Å². The average molecular weight is 479 g/mol. The zero-order valence-corrected chi connectivity index (χ0v) is 20.5. The third-order valence-corrected chi connectivity index (χ3v) is 7.17. The lowest BCUT2D eigenvalue weighted by Gasteiger charge is -2.38.